The molecule has 44 heavy (non-hydrogen) atoms. The molecule has 4 atom stereocenters. The second kappa shape index (κ2) is 17.1. The molecule has 1 saturated carbocycles. The quantitative estimate of drug-likeness (QED) is 0.189. The fourth-order valence-corrected chi connectivity index (χ4v) is 6.41. The Kier molecular flexibility index (Phi) is 13.9. The predicted molar refractivity (Wildman–Crippen MR) is 173 cm³/mol. The topological polar surface area (TPSA) is 157 Å². The number of carbonyl (C=O) groups is 3. The zero-order chi connectivity index (χ0) is 32.3. The Morgan fingerprint density at radius 1 is 0.932 bits per heavy atom. The average Bonchev–Trinajstić information content (AvgIpc) is 2.96. The van der Waals surface area contributed by atoms with Crippen molar-refractivity contribution in [2.45, 2.75) is 134 Å². The van der Waals surface area contributed by atoms with Gasteiger partial charge in [0.2, 0.25) is 11.8 Å². The van der Waals surface area contributed by atoms with E-state index in [0.717, 1.165) is 31.2 Å². The lowest BCUT2D eigenvalue weighted by molar-refractivity contribution is -0.131. The molecule has 1 aliphatic heterocycles. The number of aliphatic hydroxyl groups is 2. The van der Waals surface area contributed by atoms with Gasteiger partial charge in [0, 0.05) is 32.0 Å². The van der Waals surface area contributed by atoms with E-state index in [-0.39, 0.29) is 36.7 Å². The van der Waals surface area contributed by atoms with Crippen LogP contribution >= 0.6 is 0 Å². The number of piperidine rings is 1. The number of hydrogen-bond acceptors (Lipinski definition) is 6. The summed E-state index contributed by atoms with van der Waals surface area (Å²) in [5, 5.41) is 30.5. The molecule has 7 N–H and O–H groups in total. The van der Waals surface area contributed by atoms with Gasteiger partial charge in [0.05, 0.1) is 17.7 Å². The number of likely N-dealkylation sites (tertiary alicyclic amines) is 1. The number of rotatable bonds is 14. The Bertz CT molecular complexity index is 1030. The number of nitrogens with zero attached hydrogens (tertiary/aromatic N) is 1. The summed E-state index contributed by atoms with van der Waals surface area (Å²) in [4.78, 5) is 42.5. The lowest BCUT2D eigenvalue weighted by atomic mass is 9.82. The SMILES string of the molecule is CC(C)C[C@H](NC(=O)[C@H](Cc1ccccc1)NC(=O)N1CCC(N)CC1)C(=O)N[C@@H](CC1CCCCC1)[C@@H](O)CC(C)(C)O. The molecule has 1 aromatic carbocycles. The summed E-state index contributed by atoms with van der Waals surface area (Å²) in [7, 11) is 0. The van der Waals surface area contributed by atoms with Crippen LogP contribution in [0.3, 0.4) is 0 Å². The maximum Gasteiger partial charge on any atom is 0.318 e. The van der Waals surface area contributed by atoms with Crippen LogP contribution in [0.25, 0.3) is 0 Å². The number of urea groups is 1. The van der Waals surface area contributed by atoms with Gasteiger partial charge >= 0.3 is 6.03 Å². The van der Waals surface area contributed by atoms with Crippen molar-refractivity contribution in [1.29, 1.82) is 0 Å². The molecular weight excluding hydrogens is 558 g/mol. The third kappa shape index (κ3) is 12.4. The molecule has 0 radical (unpaired) electrons. The molecular formula is C34H57N5O5. The summed E-state index contributed by atoms with van der Waals surface area (Å²) >= 11 is 0. The Hall–Kier alpha value is -2.69. The summed E-state index contributed by atoms with van der Waals surface area (Å²) < 4.78 is 0. The summed E-state index contributed by atoms with van der Waals surface area (Å²) in [6, 6.07) is 6.95. The normalized spacial score (nSPS) is 19.6. The molecule has 1 heterocycles. The summed E-state index contributed by atoms with van der Waals surface area (Å²) in [5.41, 5.74) is 5.81. The number of amides is 4. The molecule has 248 valence electrons. The van der Waals surface area contributed by atoms with Crippen LogP contribution in [0.5, 0.6) is 0 Å². The van der Waals surface area contributed by atoms with E-state index in [1.807, 2.05) is 44.2 Å². The van der Waals surface area contributed by atoms with Gasteiger partial charge in [0.15, 0.2) is 0 Å². The van der Waals surface area contributed by atoms with Crippen LogP contribution in [-0.4, -0.2) is 81.9 Å². The highest BCUT2D eigenvalue weighted by Crippen LogP contribution is 2.29. The van der Waals surface area contributed by atoms with Crippen molar-refractivity contribution in [3.63, 3.8) is 0 Å². The second-order valence-corrected chi connectivity index (χ2v) is 14.1. The van der Waals surface area contributed by atoms with Crippen molar-refractivity contribution in [2.75, 3.05) is 13.1 Å². The molecule has 10 nitrogen and oxygen atoms in total. The van der Waals surface area contributed by atoms with Crippen molar-refractivity contribution in [1.82, 2.24) is 20.9 Å². The van der Waals surface area contributed by atoms with E-state index in [0.29, 0.717) is 44.7 Å². The minimum Gasteiger partial charge on any atom is -0.391 e. The maximum absolute atomic E-state index is 13.8. The summed E-state index contributed by atoms with van der Waals surface area (Å²) in [6.45, 7) is 8.33. The number of aliphatic hydroxyl groups excluding tert-OH is 1. The third-order valence-electron chi connectivity index (χ3n) is 8.88. The van der Waals surface area contributed by atoms with Gasteiger partial charge in [-0.1, -0.05) is 76.3 Å². The van der Waals surface area contributed by atoms with Crippen molar-refractivity contribution in [3.8, 4) is 0 Å². The first-order valence-corrected chi connectivity index (χ1v) is 16.7. The zero-order valence-electron chi connectivity index (χ0n) is 27.3. The molecule has 4 amide bonds. The van der Waals surface area contributed by atoms with E-state index in [9.17, 15) is 24.6 Å². The van der Waals surface area contributed by atoms with Crippen LogP contribution in [0.4, 0.5) is 4.79 Å². The highest BCUT2D eigenvalue weighted by molar-refractivity contribution is 5.92. The molecule has 1 aliphatic carbocycles. The number of hydrogen-bond donors (Lipinski definition) is 6. The first kappa shape index (κ1) is 35.8. The van der Waals surface area contributed by atoms with Crippen LogP contribution in [0, 0.1) is 11.8 Å². The van der Waals surface area contributed by atoms with Crippen molar-refractivity contribution in [3.05, 3.63) is 35.9 Å². The van der Waals surface area contributed by atoms with Gasteiger partial charge in [-0.25, -0.2) is 4.79 Å². The first-order chi connectivity index (χ1) is 20.8. The van der Waals surface area contributed by atoms with Crippen LogP contribution < -0.4 is 21.7 Å². The summed E-state index contributed by atoms with van der Waals surface area (Å²) in [5.74, 6) is -0.308. The molecule has 10 heteroatoms. The molecule has 0 spiro atoms. The lowest BCUT2D eigenvalue weighted by Gasteiger charge is -2.34. The standard InChI is InChI=1S/C34H57N5O5/c1-23(2)19-28(31(41)36-27(30(40)22-34(3,4)44)20-24-11-7-5-8-12-24)37-32(42)29(21-25-13-9-6-10-14-25)38-33(43)39-17-15-26(35)16-18-39/h6,9-10,13-14,23-24,26-30,40,44H,5,7-8,11-12,15-22,35H2,1-4H3,(H,36,41)(H,37,42)(H,38,43)/t27-,28-,29-,30-/m0/s1. The number of carbonyl (C=O) groups excluding carboxylic acids is 3. The number of benzene rings is 1. The van der Waals surface area contributed by atoms with E-state index in [2.05, 4.69) is 16.0 Å². The predicted octanol–water partition coefficient (Wildman–Crippen LogP) is 3.24. The van der Waals surface area contributed by atoms with Gasteiger partial charge in [-0.05, 0) is 56.9 Å². The fraction of sp³-hybridized carbons (Fsp3) is 0.735. The molecule has 1 saturated heterocycles. The van der Waals surface area contributed by atoms with E-state index in [1.165, 1.54) is 6.42 Å². The Labute approximate surface area is 263 Å². The highest BCUT2D eigenvalue weighted by atomic mass is 16.3. The first-order valence-electron chi connectivity index (χ1n) is 16.7. The van der Waals surface area contributed by atoms with E-state index >= 15 is 0 Å². The Balaban J connectivity index is 1.76. The number of nitrogens with two attached hydrogens (primary N) is 1. The van der Waals surface area contributed by atoms with Gasteiger partial charge in [-0.3, -0.25) is 9.59 Å². The van der Waals surface area contributed by atoms with Crippen LogP contribution in [-0.2, 0) is 16.0 Å². The fourth-order valence-electron chi connectivity index (χ4n) is 6.41. The molecule has 2 aliphatic rings. The van der Waals surface area contributed by atoms with Gasteiger partial charge in [-0.2, -0.15) is 0 Å². The average molecular weight is 616 g/mol. The smallest absolute Gasteiger partial charge is 0.318 e. The molecule has 0 aromatic heterocycles. The monoisotopic (exact) mass is 615 g/mol. The van der Waals surface area contributed by atoms with Gasteiger partial charge < -0.3 is 36.8 Å². The van der Waals surface area contributed by atoms with Gasteiger partial charge in [-0.15, -0.1) is 0 Å². The van der Waals surface area contributed by atoms with Gasteiger partial charge in [0.25, 0.3) is 0 Å². The molecule has 0 unspecified atom stereocenters. The van der Waals surface area contributed by atoms with Crippen molar-refractivity contribution < 1.29 is 24.6 Å². The summed E-state index contributed by atoms with van der Waals surface area (Å²) in [6.07, 6.45) is 7.48. The Morgan fingerprint density at radius 3 is 2.14 bits per heavy atom. The highest BCUT2D eigenvalue weighted by Gasteiger charge is 2.34. The molecule has 3 rings (SSSR count). The maximum atomic E-state index is 13.8. The van der Waals surface area contributed by atoms with Crippen molar-refractivity contribution in [2.24, 2.45) is 17.6 Å². The Morgan fingerprint density at radius 2 is 1.55 bits per heavy atom. The zero-order valence-corrected chi connectivity index (χ0v) is 27.3. The van der Waals surface area contributed by atoms with Crippen LogP contribution in [0.15, 0.2) is 30.3 Å². The van der Waals surface area contributed by atoms with Crippen LogP contribution in [0.2, 0.25) is 0 Å². The lowest BCUT2D eigenvalue weighted by Crippen LogP contribution is -2.59. The van der Waals surface area contributed by atoms with Gasteiger partial charge in [0.1, 0.15) is 12.1 Å². The minimum absolute atomic E-state index is 0.0710. The molecule has 0 bridgehead atoms. The van der Waals surface area contributed by atoms with E-state index in [4.69, 9.17) is 5.73 Å². The third-order valence-corrected chi connectivity index (χ3v) is 8.88. The van der Waals surface area contributed by atoms with Crippen molar-refractivity contribution >= 4 is 17.8 Å². The minimum atomic E-state index is -1.09. The molecule has 2 fully saturated rings. The van der Waals surface area contributed by atoms with E-state index < -0.39 is 35.7 Å². The van der Waals surface area contributed by atoms with E-state index in [1.54, 1.807) is 18.7 Å². The number of nitrogens with one attached hydrogen (secondary N) is 3. The van der Waals surface area contributed by atoms with Crippen LogP contribution in [0.1, 0.15) is 97.5 Å². The largest absolute Gasteiger partial charge is 0.391 e. The molecule has 1 aromatic rings. The second-order valence-electron chi connectivity index (χ2n) is 14.1.